The molecule has 1 N–H and O–H groups in total. The Balaban J connectivity index is 2.36. The summed E-state index contributed by atoms with van der Waals surface area (Å²) in [6, 6.07) is 3.39. The maximum Gasteiger partial charge on any atom is 0.183 e. The zero-order valence-electron chi connectivity index (χ0n) is 10.5. The molecule has 98 valence electrons. The number of halogens is 1. The molecule has 0 spiro atoms. The van der Waals surface area contributed by atoms with Gasteiger partial charge in [-0.25, -0.2) is 0 Å². The van der Waals surface area contributed by atoms with Gasteiger partial charge in [-0.1, -0.05) is 0 Å². The molecule has 4 nitrogen and oxygen atoms in total. The molecule has 1 fully saturated rings. The van der Waals surface area contributed by atoms with Crippen LogP contribution in [0.4, 0.5) is 0 Å². The third kappa shape index (κ3) is 2.52. The van der Waals surface area contributed by atoms with Gasteiger partial charge in [0.15, 0.2) is 5.78 Å². The Labute approximate surface area is 115 Å². The van der Waals surface area contributed by atoms with Gasteiger partial charge in [0.1, 0.15) is 11.5 Å². The van der Waals surface area contributed by atoms with Crippen LogP contribution in [-0.4, -0.2) is 32.6 Å². The predicted octanol–water partition coefficient (Wildman–Crippen LogP) is 2.40. The summed E-state index contributed by atoms with van der Waals surface area (Å²) in [6.07, 6.45) is 1.92. The van der Waals surface area contributed by atoms with Crippen LogP contribution in [0.1, 0.15) is 23.2 Å². The average molecular weight is 314 g/mol. The summed E-state index contributed by atoms with van der Waals surface area (Å²) in [5.41, 5.74) is 0.588. The number of nitrogens with one attached hydrogen (secondary N) is 1. The van der Waals surface area contributed by atoms with E-state index in [-0.39, 0.29) is 11.8 Å². The fourth-order valence-electron chi connectivity index (χ4n) is 2.15. The Kier molecular flexibility index (Phi) is 4.24. The maximum atomic E-state index is 12.4. The summed E-state index contributed by atoms with van der Waals surface area (Å²) in [5, 5.41) is 3.20. The molecule has 0 aliphatic carbocycles. The van der Waals surface area contributed by atoms with Crippen LogP contribution in [0, 0.1) is 0 Å². The van der Waals surface area contributed by atoms with Crippen molar-refractivity contribution in [3.63, 3.8) is 0 Å². The molecular formula is C13H16BrNO3. The van der Waals surface area contributed by atoms with Crippen molar-refractivity contribution in [2.75, 3.05) is 20.8 Å². The number of ketones is 1. The molecule has 1 unspecified atom stereocenters. The van der Waals surface area contributed by atoms with E-state index in [4.69, 9.17) is 9.47 Å². The van der Waals surface area contributed by atoms with Crippen LogP contribution in [0.2, 0.25) is 0 Å². The minimum Gasteiger partial charge on any atom is -0.496 e. The monoisotopic (exact) mass is 313 g/mol. The number of hydrogen-bond acceptors (Lipinski definition) is 4. The third-order valence-corrected chi connectivity index (χ3v) is 3.74. The molecule has 0 saturated carbocycles. The van der Waals surface area contributed by atoms with Crippen molar-refractivity contribution in [1.82, 2.24) is 5.32 Å². The Bertz CT molecular complexity index is 456. The van der Waals surface area contributed by atoms with Crippen molar-refractivity contribution in [1.29, 1.82) is 0 Å². The third-order valence-electron chi connectivity index (χ3n) is 3.12. The van der Waals surface area contributed by atoms with Crippen LogP contribution >= 0.6 is 15.9 Å². The Morgan fingerprint density at radius 1 is 1.33 bits per heavy atom. The van der Waals surface area contributed by atoms with Crippen LogP contribution in [0.3, 0.4) is 0 Å². The molecule has 1 aliphatic heterocycles. The molecule has 1 saturated heterocycles. The van der Waals surface area contributed by atoms with Crippen LogP contribution in [0.15, 0.2) is 16.6 Å². The minimum absolute atomic E-state index is 0.0766. The van der Waals surface area contributed by atoms with Crippen molar-refractivity contribution in [2.24, 2.45) is 0 Å². The summed E-state index contributed by atoms with van der Waals surface area (Å²) in [7, 11) is 3.14. The zero-order chi connectivity index (χ0) is 13.1. The van der Waals surface area contributed by atoms with Crippen molar-refractivity contribution in [3.8, 4) is 11.5 Å². The van der Waals surface area contributed by atoms with Gasteiger partial charge in [-0.2, -0.15) is 0 Å². The molecule has 1 atom stereocenters. The first-order valence-corrected chi connectivity index (χ1v) is 6.65. The highest BCUT2D eigenvalue weighted by atomic mass is 79.9. The van der Waals surface area contributed by atoms with E-state index in [2.05, 4.69) is 21.2 Å². The van der Waals surface area contributed by atoms with Crippen LogP contribution in [-0.2, 0) is 0 Å². The van der Waals surface area contributed by atoms with Gasteiger partial charge in [0.05, 0.1) is 30.3 Å². The van der Waals surface area contributed by atoms with E-state index >= 15 is 0 Å². The van der Waals surface area contributed by atoms with Crippen LogP contribution in [0.5, 0.6) is 11.5 Å². The maximum absolute atomic E-state index is 12.4. The van der Waals surface area contributed by atoms with E-state index < -0.39 is 0 Å². The van der Waals surface area contributed by atoms with Gasteiger partial charge in [0, 0.05) is 6.07 Å². The first-order valence-electron chi connectivity index (χ1n) is 5.86. The van der Waals surface area contributed by atoms with Crippen molar-refractivity contribution < 1.29 is 14.3 Å². The van der Waals surface area contributed by atoms with Crippen LogP contribution in [0.25, 0.3) is 0 Å². The average Bonchev–Trinajstić information content (AvgIpc) is 2.91. The van der Waals surface area contributed by atoms with E-state index in [1.54, 1.807) is 26.4 Å². The Morgan fingerprint density at radius 2 is 2.06 bits per heavy atom. The summed E-state index contributed by atoms with van der Waals surface area (Å²) in [4.78, 5) is 12.4. The molecule has 1 heterocycles. The molecule has 1 aliphatic rings. The molecule has 18 heavy (non-hydrogen) atoms. The van der Waals surface area contributed by atoms with Gasteiger partial charge in [-0.3, -0.25) is 4.79 Å². The highest BCUT2D eigenvalue weighted by molar-refractivity contribution is 9.10. The lowest BCUT2D eigenvalue weighted by Crippen LogP contribution is -2.31. The van der Waals surface area contributed by atoms with E-state index in [1.807, 2.05) is 0 Å². The first kappa shape index (κ1) is 13.4. The number of benzene rings is 1. The van der Waals surface area contributed by atoms with Crippen molar-refractivity contribution >= 4 is 21.7 Å². The summed E-state index contributed by atoms with van der Waals surface area (Å²) < 4.78 is 11.2. The minimum atomic E-state index is -0.0980. The van der Waals surface area contributed by atoms with E-state index in [0.717, 1.165) is 23.9 Å². The second-order valence-electron chi connectivity index (χ2n) is 4.20. The lowest BCUT2D eigenvalue weighted by Gasteiger charge is -2.14. The SMILES string of the molecule is COc1cc(OC)c(C(=O)C2CCCN2)cc1Br. The van der Waals surface area contributed by atoms with E-state index in [9.17, 15) is 4.79 Å². The number of rotatable bonds is 4. The number of carbonyl (C=O) groups is 1. The molecule has 1 aromatic rings. The van der Waals surface area contributed by atoms with Gasteiger partial charge in [0.2, 0.25) is 0 Å². The smallest absolute Gasteiger partial charge is 0.183 e. The lowest BCUT2D eigenvalue weighted by molar-refractivity contribution is 0.0949. The topological polar surface area (TPSA) is 47.6 Å². The molecular weight excluding hydrogens is 298 g/mol. The fraction of sp³-hybridized carbons (Fsp3) is 0.462. The molecule has 0 radical (unpaired) electrons. The Morgan fingerprint density at radius 3 is 2.61 bits per heavy atom. The van der Waals surface area contributed by atoms with Crippen molar-refractivity contribution in [2.45, 2.75) is 18.9 Å². The predicted molar refractivity (Wildman–Crippen MR) is 72.6 cm³/mol. The summed E-state index contributed by atoms with van der Waals surface area (Å²) in [5.74, 6) is 1.28. The number of ether oxygens (including phenoxy) is 2. The van der Waals surface area contributed by atoms with E-state index in [1.165, 1.54) is 0 Å². The molecule has 1 aromatic carbocycles. The number of hydrogen-bond donors (Lipinski definition) is 1. The first-order chi connectivity index (χ1) is 8.67. The standard InChI is InChI=1S/C13H16BrNO3/c1-17-11-7-12(18-2)9(14)6-8(11)13(16)10-4-3-5-15-10/h6-7,10,15H,3-5H2,1-2H3. The zero-order valence-corrected chi connectivity index (χ0v) is 12.0. The molecule has 2 rings (SSSR count). The van der Waals surface area contributed by atoms with E-state index in [0.29, 0.717) is 17.1 Å². The van der Waals surface area contributed by atoms with Gasteiger partial charge in [-0.15, -0.1) is 0 Å². The quantitative estimate of drug-likeness (QED) is 0.867. The Hall–Kier alpha value is -1.07. The highest BCUT2D eigenvalue weighted by Gasteiger charge is 2.26. The van der Waals surface area contributed by atoms with Gasteiger partial charge in [-0.05, 0) is 41.4 Å². The van der Waals surface area contributed by atoms with Crippen LogP contribution < -0.4 is 14.8 Å². The summed E-state index contributed by atoms with van der Waals surface area (Å²) in [6.45, 7) is 0.899. The normalized spacial score (nSPS) is 18.7. The fourth-order valence-corrected chi connectivity index (χ4v) is 2.65. The van der Waals surface area contributed by atoms with Gasteiger partial charge in [0.25, 0.3) is 0 Å². The van der Waals surface area contributed by atoms with Crippen molar-refractivity contribution in [3.05, 3.63) is 22.2 Å². The highest BCUT2D eigenvalue weighted by Crippen LogP contribution is 2.33. The second-order valence-corrected chi connectivity index (χ2v) is 5.05. The molecule has 0 amide bonds. The second kappa shape index (κ2) is 5.71. The largest absolute Gasteiger partial charge is 0.496 e. The number of methoxy groups -OCH3 is 2. The van der Waals surface area contributed by atoms with Gasteiger partial charge >= 0.3 is 0 Å². The molecule has 5 heteroatoms. The number of carbonyl (C=O) groups excluding carboxylic acids is 1. The summed E-state index contributed by atoms with van der Waals surface area (Å²) >= 11 is 3.39. The lowest BCUT2D eigenvalue weighted by atomic mass is 10.0. The molecule has 0 aromatic heterocycles. The molecule has 0 bridgehead atoms. The van der Waals surface area contributed by atoms with Gasteiger partial charge < -0.3 is 14.8 Å². The number of Topliss-reactive ketones (excluding diaryl/α,β-unsaturated/α-hetero) is 1.